The van der Waals surface area contributed by atoms with Crippen LogP contribution in [0.25, 0.3) is 0 Å². The van der Waals surface area contributed by atoms with Gasteiger partial charge in [-0.25, -0.2) is 9.97 Å². The van der Waals surface area contributed by atoms with Crippen LogP contribution in [0.1, 0.15) is 18.6 Å². The molecule has 118 valence electrons. The summed E-state index contributed by atoms with van der Waals surface area (Å²) in [6.07, 6.45) is 3.94. The molecule has 22 heavy (non-hydrogen) atoms. The third-order valence-electron chi connectivity index (χ3n) is 3.89. The second-order valence-corrected chi connectivity index (χ2v) is 5.71. The Kier molecular flexibility index (Phi) is 4.80. The second kappa shape index (κ2) is 6.98. The summed E-state index contributed by atoms with van der Waals surface area (Å²) in [5, 5.41) is 6.92. The SMILES string of the molecule is CNc1cc(N2CCC[C@@H]2CNCc2ccc(Cl)o2)ncn1. The fourth-order valence-corrected chi connectivity index (χ4v) is 2.96. The molecule has 2 N–H and O–H groups in total. The van der Waals surface area contributed by atoms with Gasteiger partial charge >= 0.3 is 0 Å². The van der Waals surface area contributed by atoms with Crippen molar-refractivity contribution in [3.8, 4) is 0 Å². The van der Waals surface area contributed by atoms with Gasteiger partial charge in [-0.1, -0.05) is 0 Å². The number of nitrogens with zero attached hydrogens (tertiary/aromatic N) is 3. The lowest BCUT2D eigenvalue weighted by Gasteiger charge is -2.26. The zero-order valence-electron chi connectivity index (χ0n) is 12.6. The molecule has 0 radical (unpaired) electrons. The van der Waals surface area contributed by atoms with Crippen LogP contribution >= 0.6 is 11.6 Å². The summed E-state index contributed by atoms with van der Waals surface area (Å²) in [7, 11) is 1.86. The summed E-state index contributed by atoms with van der Waals surface area (Å²) in [6, 6.07) is 6.08. The maximum atomic E-state index is 5.78. The summed E-state index contributed by atoms with van der Waals surface area (Å²) < 4.78 is 5.35. The summed E-state index contributed by atoms with van der Waals surface area (Å²) in [5.74, 6) is 2.67. The molecule has 7 heteroatoms. The van der Waals surface area contributed by atoms with Crippen molar-refractivity contribution in [2.75, 3.05) is 30.4 Å². The van der Waals surface area contributed by atoms with E-state index in [4.69, 9.17) is 16.0 Å². The Labute approximate surface area is 134 Å². The number of hydrogen-bond donors (Lipinski definition) is 2. The van der Waals surface area contributed by atoms with E-state index in [9.17, 15) is 0 Å². The second-order valence-electron chi connectivity index (χ2n) is 5.34. The minimum atomic E-state index is 0.430. The Morgan fingerprint density at radius 2 is 2.32 bits per heavy atom. The molecule has 2 aromatic heterocycles. The molecule has 0 bridgehead atoms. The summed E-state index contributed by atoms with van der Waals surface area (Å²) in [4.78, 5) is 10.9. The van der Waals surface area contributed by atoms with Gasteiger partial charge in [0.25, 0.3) is 0 Å². The van der Waals surface area contributed by atoms with Crippen LogP contribution < -0.4 is 15.5 Å². The Morgan fingerprint density at radius 3 is 3.09 bits per heavy atom. The van der Waals surface area contributed by atoms with E-state index in [1.165, 1.54) is 6.42 Å². The van der Waals surface area contributed by atoms with E-state index in [1.807, 2.05) is 19.2 Å². The average Bonchev–Trinajstić information content (AvgIpc) is 3.16. The minimum absolute atomic E-state index is 0.430. The molecular formula is C15H20ClN5O. The van der Waals surface area contributed by atoms with Crippen LogP contribution in [0, 0.1) is 0 Å². The Morgan fingerprint density at radius 1 is 1.41 bits per heavy atom. The van der Waals surface area contributed by atoms with Gasteiger partial charge in [0.05, 0.1) is 6.54 Å². The molecule has 1 saturated heterocycles. The van der Waals surface area contributed by atoms with Crippen molar-refractivity contribution in [3.63, 3.8) is 0 Å². The van der Waals surface area contributed by atoms with Crippen molar-refractivity contribution < 1.29 is 4.42 Å². The highest BCUT2D eigenvalue weighted by Gasteiger charge is 2.25. The largest absolute Gasteiger partial charge is 0.448 e. The van der Waals surface area contributed by atoms with Crippen LogP contribution in [0.4, 0.5) is 11.6 Å². The zero-order chi connectivity index (χ0) is 15.4. The number of furan rings is 1. The topological polar surface area (TPSA) is 66.2 Å². The number of anilines is 2. The van der Waals surface area contributed by atoms with Gasteiger partial charge in [-0.05, 0) is 36.6 Å². The maximum absolute atomic E-state index is 5.78. The number of rotatable bonds is 6. The van der Waals surface area contributed by atoms with Gasteiger partial charge in [-0.3, -0.25) is 0 Å². The fourth-order valence-electron chi connectivity index (χ4n) is 2.80. The van der Waals surface area contributed by atoms with E-state index in [1.54, 1.807) is 12.4 Å². The first-order valence-electron chi connectivity index (χ1n) is 7.47. The smallest absolute Gasteiger partial charge is 0.193 e. The molecule has 1 aliphatic heterocycles. The van der Waals surface area contributed by atoms with Crippen molar-refractivity contribution in [1.82, 2.24) is 15.3 Å². The Balaban J connectivity index is 1.58. The van der Waals surface area contributed by atoms with Crippen LogP contribution in [-0.4, -0.2) is 36.1 Å². The van der Waals surface area contributed by atoms with Crippen LogP contribution in [0.5, 0.6) is 0 Å². The van der Waals surface area contributed by atoms with Crippen molar-refractivity contribution >= 4 is 23.2 Å². The highest BCUT2D eigenvalue weighted by molar-refractivity contribution is 6.28. The Bertz CT molecular complexity index is 617. The summed E-state index contributed by atoms with van der Waals surface area (Å²) in [6.45, 7) is 2.60. The van der Waals surface area contributed by atoms with Crippen molar-refractivity contribution in [2.45, 2.75) is 25.4 Å². The van der Waals surface area contributed by atoms with Gasteiger partial charge in [0, 0.05) is 32.2 Å². The molecule has 6 nitrogen and oxygen atoms in total. The Hall–Kier alpha value is -1.79. The van der Waals surface area contributed by atoms with E-state index in [-0.39, 0.29) is 0 Å². The predicted octanol–water partition coefficient (Wildman–Crippen LogP) is 2.52. The standard InChI is InChI=1S/C15H20ClN5O/c1-17-14-7-15(20-10-19-14)21-6-2-3-11(21)8-18-9-12-4-5-13(16)22-12/h4-5,7,10-11,18H,2-3,6,8-9H2,1H3,(H,17,19,20)/t11-/m1/s1. The molecule has 1 fully saturated rings. The molecule has 0 saturated carbocycles. The van der Waals surface area contributed by atoms with E-state index in [0.717, 1.165) is 36.9 Å². The molecule has 0 aliphatic carbocycles. The third-order valence-corrected chi connectivity index (χ3v) is 4.09. The summed E-state index contributed by atoms with van der Waals surface area (Å²) >= 11 is 5.78. The minimum Gasteiger partial charge on any atom is -0.448 e. The van der Waals surface area contributed by atoms with Crippen LogP contribution in [0.15, 0.2) is 28.9 Å². The van der Waals surface area contributed by atoms with Gasteiger partial charge in [0.15, 0.2) is 5.22 Å². The molecular weight excluding hydrogens is 302 g/mol. The van der Waals surface area contributed by atoms with Crippen molar-refractivity contribution in [3.05, 3.63) is 35.5 Å². The van der Waals surface area contributed by atoms with E-state index in [2.05, 4.69) is 25.5 Å². The normalized spacial score (nSPS) is 17.9. The number of halogens is 1. The van der Waals surface area contributed by atoms with Gasteiger partial charge < -0.3 is 20.0 Å². The predicted molar refractivity (Wildman–Crippen MR) is 87.4 cm³/mol. The van der Waals surface area contributed by atoms with E-state index in [0.29, 0.717) is 17.8 Å². The summed E-state index contributed by atoms with van der Waals surface area (Å²) in [5.41, 5.74) is 0. The molecule has 2 aromatic rings. The molecule has 1 atom stereocenters. The van der Waals surface area contributed by atoms with Crippen LogP contribution in [-0.2, 0) is 6.54 Å². The maximum Gasteiger partial charge on any atom is 0.193 e. The highest BCUT2D eigenvalue weighted by atomic mass is 35.5. The number of hydrogen-bond acceptors (Lipinski definition) is 6. The van der Waals surface area contributed by atoms with Gasteiger partial charge in [-0.15, -0.1) is 0 Å². The number of aromatic nitrogens is 2. The van der Waals surface area contributed by atoms with Gasteiger partial charge in [-0.2, -0.15) is 0 Å². The quantitative estimate of drug-likeness (QED) is 0.852. The first-order chi connectivity index (χ1) is 10.8. The molecule has 3 heterocycles. The molecule has 0 unspecified atom stereocenters. The first-order valence-corrected chi connectivity index (χ1v) is 7.85. The lowest BCUT2D eigenvalue weighted by atomic mass is 10.2. The molecule has 0 aromatic carbocycles. The number of nitrogens with one attached hydrogen (secondary N) is 2. The lowest BCUT2D eigenvalue weighted by Crippen LogP contribution is -2.38. The third kappa shape index (κ3) is 3.51. The van der Waals surface area contributed by atoms with Gasteiger partial charge in [0.1, 0.15) is 23.7 Å². The van der Waals surface area contributed by atoms with E-state index < -0.39 is 0 Å². The van der Waals surface area contributed by atoms with Gasteiger partial charge in [0.2, 0.25) is 0 Å². The monoisotopic (exact) mass is 321 g/mol. The van der Waals surface area contributed by atoms with Crippen molar-refractivity contribution in [1.29, 1.82) is 0 Å². The molecule has 3 rings (SSSR count). The highest BCUT2D eigenvalue weighted by Crippen LogP contribution is 2.24. The first kappa shape index (κ1) is 15.1. The average molecular weight is 322 g/mol. The van der Waals surface area contributed by atoms with Crippen LogP contribution in [0.3, 0.4) is 0 Å². The van der Waals surface area contributed by atoms with Crippen LogP contribution in [0.2, 0.25) is 5.22 Å². The van der Waals surface area contributed by atoms with Crippen molar-refractivity contribution in [2.24, 2.45) is 0 Å². The molecule has 1 aliphatic rings. The van der Waals surface area contributed by atoms with E-state index >= 15 is 0 Å². The molecule has 0 spiro atoms. The zero-order valence-corrected chi connectivity index (χ0v) is 13.3. The fraction of sp³-hybridized carbons (Fsp3) is 0.467. The molecule has 0 amide bonds. The lowest BCUT2D eigenvalue weighted by molar-refractivity contribution is 0.472.